The van der Waals surface area contributed by atoms with Crippen LogP contribution in [-0.4, -0.2) is 42.8 Å². The van der Waals surface area contributed by atoms with E-state index in [9.17, 15) is 9.00 Å². The van der Waals surface area contributed by atoms with Gasteiger partial charge in [0, 0.05) is 53.2 Å². The first kappa shape index (κ1) is 18.8. The molecule has 1 atom stereocenters. The molecular formula is C19H26N4O2S. The van der Waals surface area contributed by atoms with Crippen LogP contribution in [0.2, 0.25) is 0 Å². The van der Waals surface area contributed by atoms with Crippen molar-refractivity contribution in [2.45, 2.75) is 44.8 Å². The van der Waals surface area contributed by atoms with Gasteiger partial charge in [0.25, 0.3) is 5.56 Å². The highest BCUT2D eigenvalue weighted by Crippen LogP contribution is 2.31. The van der Waals surface area contributed by atoms with Crippen molar-refractivity contribution in [2.75, 3.05) is 23.7 Å². The van der Waals surface area contributed by atoms with Gasteiger partial charge in [0.1, 0.15) is 11.6 Å². The fourth-order valence-electron chi connectivity index (χ4n) is 3.44. The fourth-order valence-corrected chi connectivity index (χ4v) is 5.20. The number of nitrogens with zero attached hydrogens (tertiary/aromatic N) is 3. The number of H-pyrrole nitrogens is 1. The third kappa shape index (κ3) is 3.58. The van der Waals surface area contributed by atoms with Crippen molar-refractivity contribution >= 4 is 16.6 Å². The monoisotopic (exact) mass is 374 g/mol. The molecule has 0 amide bonds. The summed E-state index contributed by atoms with van der Waals surface area (Å²) in [5, 5.41) is 0. The average molecular weight is 375 g/mol. The zero-order valence-electron chi connectivity index (χ0n) is 15.6. The van der Waals surface area contributed by atoms with Crippen LogP contribution in [0.4, 0.5) is 5.82 Å². The summed E-state index contributed by atoms with van der Waals surface area (Å²) in [7, 11) is -0.791. The topological polar surface area (TPSA) is 79.0 Å². The van der Waals surface area contributed by atoms with E-state index in [0.717, 1.165) is 43.0 Å². The molecule has 1 unspecified atom stereocenters. The number of pyridine rings is 1. The number of rotatable bonds is 5. The molecule has 0 aliphatic carbocycles. The highest BCUT2D eigenvalue weighted by atomic mass is 32.2. The Hall–Kier alpha value is -2.02. The van der Waals surface area contributed by atoms with Gasteiger partial charge >= 0.3 is 0 Å². The highest BCUT2D eigenvalue weighted by Gasteiger charge is 2.39. The van der Waals surface area contributed by atoms with E-state index in [0.29, 0.717) is 18.0 Å². The van der Waals surface area contributed by atoms with Gasteiger partial charge < -0.3 is 9.88 Å². The van der Waals surface area contributed by atoms with Gasteiger partial charge in [-0.15, -0.1) is 0 Å². The Morgan fingerprint density at radius 2 is 2.04 bits per heavy atom. The first-order valence-electron chi connectivity index (χ1n) is 9.21. The second kappa shape index (κ2) is 7.70. The molecule has 6 nitrogen and oxygen atoms in total. The van der Waals surface area contributed by atoms with E-state index in [-0.39, 0.29) is 10.3 Å². The van der Waals surface area contributed by atoms with Gasteiger partial charge in [0.15, 0.2) is 0 Å². The molecule has 2 aromatic heterocycles. The summed E-state index contributed by atoms with van der Waals surface area (Å²) in [6.07, 6.45) is 4.26. The second-order valence-corrected chi connectivity index (χ2v) is 8.67. The third-order valence-corrected chi connectivity index (χ3v) is 7.53. The van der Waals surface area contributed by atoms with Crippen molar-refractivity contribution < 1.29 is 4.21 Å². The van der Waals surface area contributed by atoms with Crippen molar-refractivity contribution in [1.29, 1.82) is 0 Å². The van der Waals surface area contributed by atoms with E-state index in [1.165, 1.54) is 6.07 Å². The number of aryl methyl sites for hydroxylation is 1. The lowest BCUT2D eigenvalue weighted by Gasteiger charge is -2.41. The summed E-state index contributed by atoms with van der Waals surface area (Å²) in [4.78, 5) is 25.8. The summed E-state index contributed by atoms with van der Waals surface area (Å²) >= 11 is 0. The molecular weight excluding hydrogens is 348 g/mol. The van der Waals surface area contributed by atoms with Crippen molar-refractivity contribution in [3.63, 3.8) is 0 Å². The summed E-state index contributed by atoms with van der Waals surface area (Å²) in [5.41, 5.74) is 1.41. The molecule has 7 heteroatoms. The van der Waals surface area contributed by atoms with Gasteiger partial charge in [-0.25, -0.2) is 9.97 Å². The standard InChI is InChI=1S/C19H26N4O2S/c1-4-15-11-17(24)22-18(21-15)14-7-8-16(20-12-14)23-9-10-26(25)19(5-2,6-3)13-23/h7-8,11-12H,4-6,9-10,13H2,1-3H3,(H,21,22,24). The second-order valence-electron chi connectivity index (χ2n) is 6.71. The van der Waals surface area contributed by atoms with Gasteiger partial charge in [-0.1, -0.05) is 20.8 Å². The molecule has 2 aromatic rings. The summed E-state index contributed by atoms with van der Waals surface area (Å²) in [5.74, 6) is 2.11. The van der Waals surface area contributed by atoms with E-state index in [2.05, 4.69) is 33.7 Å². The van der Waals surface area contributed by atoms with Gasteiger partial charge in [-0.05, 0) is 31.4 Å². The van der Waals surface area contributed by atoms with Crippen molar-refractivity contribution in [2.24, 2.45) is 0 Å². The smallest absolute Gasteiger partial charge is 0.251 e. The molecule has 1 fully saturated rings. The number of anilines is 1. The lowest BCUT2D eigenvalue weighted by atomic mass is 10.0. The van der Waals surface area contributed by atoms with E-state index >= 15 is 0 Å². The van der Waals surface area contributed by atoms with Crippen LogP contribution in [-0.2, 0) is 17.2 Å². The lowest BCUT2D eigenvalue weighted by molar-refractivity contribution is 0.494. The van der Waals surface area contributed by atoms with Crippen LogP contribution in [0.5, 0.6) is 0 Å². The summed E-state index contributed by atoms with van der Waals surface area (Å²) in [6, 6.07) is 5.41. The van der Waals surface area contributed by atoms with Crippen LogP contribution in [0.25, 0.3) is 11.4 Å². The van der Waals surface area contributed by atoms with Crippen LogP contribution >= 0.6 is 0 Å². The lowest BCUT2D eigenvalue weighted by Crippen LogP contribution is -2.53. The molecule has 3 heterocycles. The zero-order chi connectivity index (χ0) is 18.7. The Morgan fingerprint density at radius 3 is 2.65 bits per heavy atom. The molecule has 1 N–H and O–H groups in total. The van der Waals surface area contributed by atoms with E-state index in [1.54, 1.807) is 6.20 Å². The van der Waals surface area contributed by atoms with Crippen LogP contribution in [0.15, 0.2) is 29.2 Å². The molecule has 3 rings (SSSR count). The molecule has 0 saturated carbocycles. The van der Waals surface area contributed by atoms with Gasteiger partial charge in [-0.2, -0.15) is 0 Å². The molecule has 1 aliphatic heterocycles. The first-order chi connectivity index (χ1) is 12.5. The summed E-state index contributed by atoms with van der Waals surface area (Å²) in [6.45, 7) is 7.72. The van der Waals surface area contributed by atoms with Crippen LogP contribution in [0, 0.1) is 0 Å². The highest BCUT2D eigenvalue weighted by molar-refractivity contribution is 7.86. The number of hydrogen-bond acceptors (Lipinski definition) is 5. The van der Waals surface area contributed by atoms with E-state index in [1.807, 2.05) is 19.1 Å². The molecule has 1 aliphatic rings. The SMILES string of the molecule is CCc1cc(=O)[nH]c(-c2ccc(N3CCS(=O)C(CC)(CC)C3)nc2)n1. The van der Waals surface area contributed by atoms with Gasteiger partial charge in [0.05, 0.1) is 4.75 Å². The van der Waals surface area contributed by atoms with Crippen molar-refractivity contribution in [3.8, 4) is 11.4 Å². The number of aromatic amines is 1. The Labute approximate surface area is 156 Å². The quantitative estimate of drug-likeness (QED) is 0.870. The normalized spacial score (nSPS) is 19.5. The minimum Gasteiger partial charge on any atom is -0.354 e. The number of aromatic nitrogens is 3. The van der Waals surface area contributed by atoms with Gasteiger partial charge in [0.2, 0.25) is 0 Å². The molecule has 26 heavy (non-hydrogen) atoms. The van der Waals surface area contributed by atoms with Gasteiger partial charge in [-0.3, -0.25) is 9.00 Å². The average Bonchev–Trinajstić information content (AvgIpc) is 2.68. The molecule has 0 spiro atoms. The maximum absolute atomic E-state index is 12.5. The minimum absolute atomic E-state index is 0.148. The van der Waals surface area contributed by atoms with Crippen LogP contribution in [0.1, 0.15) is 39.3 Å². The van der Waals surface area contributed by atoms with Crippen LogP contribution < -0.4 is 10.5 Å². The first-order valence-corrected chi connectivity index (χ1v) is 10.5. The molecule has 0 aromatic carbocycles. The molecule has 0 radical (unpaired) electrons. The predicted molar refractivity (Wildman–Crippen MR) is 106 cm³/mol. The van der Waals surface area contributed by atoms with E-state index in [4.69, 9.17) is 0 Å². The zero-order valence-corrected chi connectivity index (χ0v) is 16.4. The summed E-state index contributed by atoms with van der Waals surface area (Å²) < 4.78 is 12.4. The molecule has 0 bridgehead atoms. The Kier molecular flexibility index (Phi) is 5.55. The fraction of sp³-hybridized carbons (Fsp3) is 0.526. The van der Waals surface area contributed by atoms with E-state index < -0.39 is 10.8 Å². The number of nitrogens with one attached hydrogen (secondary N) is 1. The third-order valence-electron chi connectivity index (χ3n) is 5.30. The minimum atomic E-state index is -0.791. The number of hydrogen-bond donors (Lipinski definition) is 1. The molecule has 1 saturated heterocycles. The predicted octanol–water partition coefficient (Wildman–Crippen LogP) is 2.52. The maximum Gasteiger partial charge on any atom is 0.251 e. The van der Waals surface area contributed by atoms with Crippen LogP contribution in [0.3, 0.4) is 0 Å². The Balaban J connectivity index is 1.85. The maximum atomic E-state index is 12.5. The largest absolute Gasteiger partial charge is 0.354 e. The molecule has 140 valence electrons. The van der Waals surface area contributed by atoms with Crippen molar-refractivity contribution in [1.82, 2.24) is 15.0 Å². The Bertz CT molecular complexity index is 843. The van der Waals surface area contributed by atoms with Crippen molar-refractivity contribution in [3.05, 3.63) is 40.4 Å². The Morgan fingerprint density at radius 1 is 1.27 bits per heavy atom.